The molecule has 0 saturated heterocycles. The van der Waals surface area contributed by atoms with Crippen LogP contribution in [0.1, 0.15) is 0 Å². The topological polar surface area (TPSA) is 77.0 Å². The van der Waals surface area contributed by atoms with Crippen LogP contribution in [0, 0.1) is 0 Å². The van der Waals surface area contributed by atoms with Gasteiger partial charge in [-0.2, -0.15) is 0 Å². The van der Waals surface area contributed by atoms with E-state index in [2.05, 4.69) is 9.97 Å². The number of hydrogen-bond donors (Lipinski definition) is 2. The van der Waals surface area contributed by atoms with E-state index >= 15 is 0 Å². The Morgan fingerprint density at radius 1 is 1.29 bits per heavy atom. The predicted molar refractivity (Wildman–Crippen MR) is 64.9 cm³/mol. The molecule has 84 valence electrons. The quantitative estimate of drug-likeness (QED) is 0.662. The molecular formula is C12H10N4O. The Kier molecular flexibility index (Phi) is 1.98. The molecule has 3 rings (SSSR count). The second-order valence-corrected chi connectivity index (χ2v) is 3.71. The van der Waals surface area contributed by atoms with Crippen LogP contribution in [-0.2, 0) is 0 Å². The van der Waals surface area contributed by atoms with E-state index in [0.717, 1.165) is 11.1 Å². The second-order valence-electron chi connectivity index (χ2n) is 3.71. The van der Waals surface area contributed by atoms with Gasteiger partial charge in [0.15, 0.2) is 0 Å². The molecule has 0 saturated carbocycles. The number of rotatable bonds is 1. The van der Waals surface area contributed by atoms with Crippen molar-refractivity contribution in [1.82, 2.24) is 14.5 Å². The number of aromatic hydroxyl groups is 1. The summed E-state index contributed by atoms with van der Waals surface area (Å²) in [5, 5.41) is 10.6. The fourth-order valence-electron chi connectivity index (χ4n) is 1.85. The van der Waals surface area contributed by atoms with Gasteiger partial charge >= 0.3 is 0 Å². The zero-order valence-electron chi connectivity index (χ0n) is 8.91. The highest BCUT2D eigenvalue weighted by Crippen LogP contribution is 2.28. The molecule has 2 aromatic heterocycles. The Labute approximate surface area is 97.2 Å². The number of nitrogen functional groups attached to an aromatic ring is 1. The summed E-state index contributed by atoms with van der Waals surface area (Å²) < 4.78 is 1.83. The number of para-hydroxylation sites is 1. The lowest BCUT2D eigenvalue weighted by atomic mass is 10.1. The molecule has 3 aromatic rings. The summed E-state index contributed by atoms with van der Waals surface area (Å²) in [4.78, 5) is 8.14. The number of anilines is 1. The molecule has 0 aliphatic rings. The lowest BCUT2D eigenvalue weighted by Crippen LogP contribution is -1.98. The van der Waals surface area contributed by atoms with Gasteiger partial charge in [0.25, 0.3) is 0 Å². The van der Waals surface area contributed by atoms with Crippen LogP contribution in [-0.4, -0.2) is 19.6 Å². The SMILES string of the molecule is Nc1cc(-n2ccnc2)c2cccc(O)c2n1. The third-order valence-corrected chi connectivity index (χ3v) is 2.60. The Hall–Kier alpha value is -2.56. The van der Waals surface area contributed by atoms with Crippen LogP contribution < -0.4 is 5.73 Å². The summed E-state index contributed by atoms with van der Waals surface area (Å²) in [6, 6.07) is 7.00. The standard InChI is InChI=1S/C12H10N4O/c13-11-6-9(16-5-4-14-7-16)8-2-1-3-10(17)12(8)15-11/h1-7,17H,(H2,13,15). The zero-order valence-corrected chi connectivity index (χ0v) is 8.91. The Morgan fingerprint density at radius 2 is 2.18 bits per heavy atom. The summed E-state index contributed by atoms with van der Waals surface area (Å²) in [5.74, 6) is 0.485. The van der Waals surface area contributed by atoms with E-state index in [9.17, 15) is 5.11 Å². The van der Waals surface area contributed by atoms with E-state index in [0.29, 0.717) is 11.3 Å². The van der Waals surface area contributed by atoms with Crippen molar-refractivity contribution in [1.29, 1.82) is 0 Å². The van der Waals surface area contributed by atoms with Crippen LogP contribution >= 0.6 is 0 Å². The number of fused-ring (bicyclic) bond motifs is 1. The van der Waals surface area contributed by atoms with Crippen molar-refractivity contribution < 1.29 is 5.11 Å². The van der Waals surface area contributed by atoms with Crippen LogP contribution in [0.15, 0.2) is 43.0 Å². The van der Waals surface area contributed by atoms with E-state index in [1.54, 1.807) is 30.7 Å². The molecule has 0 aliphatic carbocycles. The monoisotopic (exact) mass is 226 g/mol. The largest absolute Gasteiger partial charge is 0.506 e. The van der Waals surface area contributed by atoms with Crippen LogP contribution in [0.5, 0.6) is 5.75 Å². The first-order valence-electron chi connectivity index (χ1n) is 5.12. The average Bonchev–Trinajstić information content (AvgIpc) is 2.83. The molecule has 3 N–H and O–H groups in total. The summed E-state index contributed by atoms with van der Waals surface area (Å²) >= 11 is 0. The number of pyridine rings is 1. The van der Waals surface area contributed by atoms with Gasteiger partial charge in [-0.1, -0.05) is 12.1 Å². The molecule has 0 spiro atoms. The number of nitrogens with zero attached hydrogens (tertiary/aromatic N) is 3. The highest BCUT2D eigenvalue weighted by atomic mass is 16.3. The lowest BCUT2D eigenvalue weighted by molar-refractivity contribution is 0.480. The first-order chi connectivity index (χ1) is 8.25. The predicted octanol–water partition coefficient (Wildman–Crippen LogP) is 1.71. The van der Waals surface area contributed by atoms with Crippen molar-refractivity contribution in [2.75, 3.05) is 5.73 Å². The number of imidazole rings is 1. The zero-order chi connectivity index (χ0) is 11.8. The van der Waals surface area contributed by atoms with E-state index in [1.165, 1.54) is 0 Å². The Morgan fingerprint density at radius 3 is 2.94 bits per heavy atom. The van der Waals surface area contributed by atoms with Crippen molar-refractivity contribution in [3.63, 3.8) is 0 Å². The van der Waals surface area contributed by atoms with Gasteiger partial charge in [-0.05, 0) is 6.07 Å². The highest BCUT2D eigenvalue weighted by molar-refractivity contribution is 5.92. The van der Waals surface area contributed by atoms with E-state index in [-0.39, 0.29) is 5.75 Å². The molecular weight excluding hydrogens is 216 g/mol. The van der Waals surface area contributed by atoms with E-state index in [4.69, 9.17) is 5.73 Å². The van der Waals surface area contributed by atoms with Gasteiger partial charge in [0.2, 0.25) is 0 Å². The summed E-state index contributed by atoms with van der Waals surface area (Å²) in [7, 11) is 0. The maximum absolute atomic E-state index is 9.77. The minimum absolute atomic E-state index is 0.121. The molecule has 5 nitrogen and oxygen atoms in total. The molecule has 17 heavy (non-hydrogen) atoms. The number of nitrogens with two attached hydrogens (primary N) is 1. The first kappa shape index (κ1) is 9.65. The number of phenolic OH excluding ortho intramolecular Hbond substituents is 1. The number of phenols is 1. The minimum atomic E-state index is 0.121. The molecule has 2 heterocycles. The summed E-state index contributed by atoms with van der Waals surface area (Å²) in [5.41, 5.74) is 7.09. The van der Waals surface area contributed by atoms with Crippen molar-refractivity contribution in [3.8, 4) is 11.4 Å². The van der Waals surface area contributed by atoms with Gasteiger partial charge in [0.1, 0.15) is 17.1 Å². The smallest absolute Gasteiger partial charge is 0.141 e. The van der Waals surface area contributed by atoms with E-state index in [1.807, 2.05) is 16.8 Å². The lowest BCUT2D eigenvalue weighted by Gasteiger charge is -2.09. The summed E-state index contributed by atoms with van der Waals surface area (Å²) in [6.07, 6.45) is 5.18. The van der Waals surface area contributed by atoms with Crippen LogP contribution in [0.3, 0.4) is 0 Å². The molecule has 0 bridgehead atoms. The van der Waals surface area contributed by atoms with E-state index < -0.39 is 0 Å². The molecule has 0 amide bonds. The number of benzene rings is 1. The summed E-state index contributed by atoms with van der Waals surface area (Å²) in [6.45, 7) is 0. The van der Waals surface area contributed by atoms with Gasteiger partial charge < -0.3 is 15.4 Å². The Balaban J connectivity index is 2.42. The third-order valence-electron chi connectivity index (χ3n) is 2.60. The van der Waals surface area contributed by atoms with Crippen molar-refractivity contribution in [2.45, 2.75) is 0 Å². The van der Waals surface area contributed by atoms with Gasteiger partial charge in [-0.3, -0.25) is 0 Å². The van der Waals surface area contributed by atoms with Crippen molar-refractivity contribution >= 4 is 16.7 Å². The molecule has 0 fully saturated rings. The fraction of sp³-hybridized carbons (Fsp3) is 0. The average molecular weight is 226 g/mol. The molecule has 1 aromatic carbocycles. The van der Waals surface area contributed by atoms with Crippen molar-refractivity contribution in [3.05, 3.63) is 43.0 Å². The third kappa shape index (κ3) is 1.48. The minimum Gasteiger partial charge on any atom is -0.506 e. The number of aromatic nitrogens is 3. The van der Waals surface area contributed by atoms with Crippen LogP contribution in [0.4, 0.5) is 5.82 Å². The number of hydrogen-bond acceptors (Lipinski definition) is 4. The molecule has 5 heteroatoms. The Bertz CT molecular complexity index is 676. The van der Waals surface area contributed by atoms with Crippen molar-refractivity contribution in [2.24, 2.45) is 0 Å². The van der Waals surface area contributed by atoms with Gasteiger partial charge in [0, 0.05) is 23.8 Å². The normalized spacial score (nSPS) is 10.8. The van der Waals surface area contributed by atoms with Gasteiger partial charge in [-0.25, -0.2) is 9.97 Å². The molecule has 0 unspecified atom stereocenters. The fourth-order valence-corrected chi connectivity index (χ4v) is 1.85. The second kappa shape index (κ2) is 3.48. The van der Waals surface area contributed by atoms with Gasteiger partial charge in [-0.15, -0.1) is 0 Å². The maximum atomic E-state index is 9.77. The van der Waals surface area contributed by atoms with Crippen LogP contribution in [0.2, 0.25) is 0 Å². The molecule has 0 radical (unpaired) electrons. The van der Waals surface area contributed by atoms with Gasteiger partial charge in [0.05, 0.1) is 12.0 Å². The molecule has 0 atom stereocenters. The maximum Gasteiger partial charge on any atom is 0.141 e. The first-order valence-corrected chi connectivity index (χ1v) is 5.12. The van der Waals surface area contributed by atoms with Crippen LogP contribution in [0.25, 0.3) is 16.6 Å². The highest BCUT2D eigenvalue weighted by Gasteiger charge is 2.08. The molecule has 0 aliphatic heterocycles.